The van der Waals surface area contributed by atoms with Crippen molar-refractivity contribution in [2.75, 3.05) is 45.7 Å². The molecule has 14 nitrogen and oxygen atoms in total. The minimum atomic E-state index is -1.97. The number of phenolic OH excluding ortho intramolecular Hbond substituents is 1. The molecule has 0 bridgehead atoms. The van der Waals surface area contributed by atoms with Crippen LogP contribution in [-0.4, -0.2) is 134 Å². The molecule has 0 aromatic heterocycles. The molecule has 61 heavy (non-hydrogen) atoms. The van der Waals surface area contributed by atoms with Crippen LogP contribution in [0.5, 0.6) is 5.75 Å². The number of carbonyl (C=O) groups excluding carboxylic acids is 2. The second kappa shape index (κ2) is 20.7. The third kappa shape index (κ3) is 11.2. The molecular weight excluding hydrogens is 865 g/mol. The number of hydrogen-bond donors (Lipinski definition) is 4. The number of ketones is 1. The number of benzene rings is 1. The first-order valence-electron chi connectivity index (χ1n) is 19.9. The van der Waals surface area contributed by atoms with E-state index in [1.165, 1.54) is 24.9 Å². The van der Waals surface area contributed by atoms with E-state index in [0.29, 0.717) is 24.2 Å². The van der Waals surface area contributed by atoms with Crippen LogP contribution in [0.15, 0.2) is 59.3 Å². The number of fused-ring (bicyclic) bond motifs is 2. The molecule has 0 spiro atoms. The van der Waals surface area contributed by atoms with Gasteiger partial charge in [-0.1, -0.05) is 62.9 Å². The number of carbonyl (C=O) groups is 2. The van der Waals surface area contributed by atoms with E-state index in [0.717, 1.165) is 0 Å². The van der Waals surface area contributed by atoms with Crippen LogP contribution in [0.2, 0.25) is 0 Å². The van der Waals surface area contributed by atoms with E-state index < -0.39 is 79.1 Å². The fraction of sp³-hybridized carbons (Fsp3) is 0.581. The van der Waals surface area contributed by atoms with Crippen LogP contribution in [0.4, 0.5) is 4.79 Å². The first kappa shape index (κ1) is 47.6. The van der Waals surface area contributed by atoms with Gasteiger partial charge in [-0.25, -0.2) is 4.79 Å². The third-order valence-electron chi connectivity index (χ3n) is 11.1. The molecule has 1 amide bonds. The number of Topliss-reactive ketones (excluding diaryl/α,β-unsaturated/α-hetero) is 1. The van der Waals surface area contributed by atoms with Crippen LogP contribution in [0, 0.1) is 29.6 Å². The predicted molar refractivity (Wildman–Crippen MR) is 237 cm³/mol. The minimum absolute atomic E-state index is 0.0900. The standard InChI is InChI=1S/C43H54N2O12S4/c1-24(2)44-30-22-52-35(21-34(30)50-4)56-38-39-43(60-6,23-53-40(57-39)26-14-16-27(46)17-15-26)25(3)54-41(38)55-33-13-11-9-8-10-12-29-36(33)28(18-19-61(7,58)59)31(47)20-32(48)37(29)45-42(49)51-5/h8-9,14-18,24-25,30-31,33-36,38-41,44,46-47H,19-23H2,1-7H3,(H,45,49)/b9-8-,28-18-/t25?,30?,31-,33-,34?,35?,36?,38?,39?,40?,41?,43?/m0/s1. The average molecular weight is 919 g/mol. The summed E-state index contributed by atoms with van der Waals surface area (Å²) >= 11 is 12.8. The summed E-state index contributed by atoms with van der Waals surface area (Å²) in [6.45, 7) is 6.53. The summed E-state index contributed by atoms with van der Waals surface area (Å²) in [6.07, 6.45) is -0.331. The van der Waals surface area contributed by atoms with E-state index in [4.69, 9.17) is 60.3 Å². The molecule has 6 rings (SSSR count). The monoisotopic (exact) mass is 918 g/mol. The maximum atomic E-state index is 13.9. The summed E-state index contributed by atoms with van der Waals surface area (Å²) in [6, 6.07) is 6.68. The number of rotatable bonds is 12. The molecule has 1 aromatic rings. The molecule has 3 aliphatic heterocycles. The van der Waals surface area contributed by atoms with Gasteiger partial charge in [0.2, 0.25) is 0 Å². The summed E-state index contributed by atoms with van der Waals surface area (Å²) in [5.74, 6) is 10.9. The molecule has 5 aliphatic rings. The first-order valence-corrected chi connectivity index (χ1v) is 25.2. The number of phenols is 1. The Bertz CT molecular complexity index is 2110. The average Bonchev–Trinajstić information content (AvgIpc) is 3.26. The summed E-state index contributed by atoms with van der Waals surface area (Å²) in [5, 5.41) is 27.9. The van der Waals surface area contributed by atoms with Gasteiger partial charge in [-0.15, -0.1) is 0 Å². The van der Waals surface area contributed by atoms with Gasteiger partial charge in [0.25, 0.3) is 0 Å². The van der Waals surface area contributed by atoms with Crippen molar-refractivity contribution in [1.29, 1.82) is 0 Å². The Morgan fingerprint density at radius 1 is 1.13 bits per heavy atom. The molecule has 0 radical (unpaired) electrons. The number of allylic oxidation sites excluding steroid dienone is 3. The number of amides is 1. The molecule has 18 heteroatoms. The predicted octanol–water partition coefficient (Wildman–Crippen LogP) is 3.32. The number of hydrogen-bond acceptors (Lipinski definition) is 16. The zero-order chi connectivity index (χ0) is 44.1. The van der Waals surface area contributed by atoms with E-state index in [1.54, 1.807) is 49.8 Å². The Hall–Kier alpha value is -2.92. The van der Waals surface area contributed by atoms with E-state index in [9.17, 15) is 19.8 Å². The Balaban J connectivity index is 1.47. The largest absolute Gasteiger partial charge is 0.508 e. The van der Waals surface area contributed by atoms with Crippen molar-refractivity contribution in [3.05, 3.63) is 64.9 Å². The Morgan fingerprint density at radius 2 is 1.87 bits per heavy atom. The lowest BCUT2D eigenvalue weighted by molar-refractivity contribution is -0.369. The fourth-order valence-electron chi connectivity index (χ4n) is 8.08. The lowest BCUT2D eigenvalue weighted by Gasteiger charge is -2.56. The van der Waals surface area contributed by atoms with Crippen LogP contribution in [0.1, 0.15) is 45.5 Å². The van der Waals surface area contributed by atoms with Gasteiger partial charge in [0.15, 0.2) is 24.7 Å². The quantitative estimate of drug-likeness (QED) is 0.178. The third-order valence-corrected chi connectivity index (χ3v) is 14.2. The van der Waals surface area contributed by atoms with E-state index in [2.05, 4.69) is 48.2 Å². The highest BCUT2D eigenvalue weighted by Crippen LogP contribution is 2.49. The zero-order valence-electron chi connectivity index (χ0n) is 35.1. The van der Waals surface area contributed by atoms with Gasteiger partial charge in [0.1, 0.15) is 24.1 Å². The Labute approximate surface area is 371 Å². The number of alkyl carbamates (subject to hydrolysis) is 1. The molecule has 4 N–H and O–H groups in total. The van der Waals surface area contributed by atoms with E-state index >= 15 is 0 Å². The topological polar surface area (TPSA) is 172 Å². The molecule has 3 saturated heterocycles. The van der Waals surface area contributed by atoms with Crippen molar-refractivity contribution in [1.82, 2.24) is 10.6 Å². The van der Waals surface area contributed by atoms with Crippen molar-refractivity contribution >= 4 is 53.2 Å². The summed E-state index contributed by atoms with van der Waals surface area (Å²) < 4.78 is 50.6. The van der Waals surface area contributed by atoms with Gasteiger partial charge in [0, 0.05) is 42.9 Å². The fourth-order valence-corrected chi connectivity index (χ4v) is 9.98. The highest BCUT2D eigenvalue weighted by molar-refractivity contribution is 8.56. The van der Waals surface area contributed by atoms with E-state index in [1.807, 2.05) is 13.2 Å². The molecule has 12 atom stereocenters. The second-order valence-electron chi connectivity index (χ2n) is 15.7. The Kier molecular flexibility index (Phi) is 16.2. The van der Waals surface area contributed by atoms with Gasteiger partial charge < -0.3 is 53.4 Å². The molecule has 332 valence electrons. The van der Waals surface area contributed by atoms with E-state index in [-0.39, 0.29) is 54.0 Å². The van der Waals surface area contributed by atoms with Gasteiger partial charge in [-0.05, 0) is 71.7 Å². The molecule has 10 unspecified atom stereocenters. The lowest BCUT2D eigenvalue weighted by atomic mass is 9.83. The number of ether oxygens (including phenoxy) is 8. The maximum absolute atomic E-state index is 13.9. The number of aliphatic hydroxyl groups excluding tert-OH is 1. The number of aromatic hydroxyl groups is 1. The van der Waals surface area contributed by atoms with Crippen LogP contribution >= 0.6 is 11.8 Å². The van der Waals surface area contributed by atoms with Gasteiger partial charge in [-0.2, -0.15) is 11.8 Å². The highest BCUT2D eigenvalue weighted by atomic mass is 33.1. The smallest absolute Gasteiger partial charge is 0.411 e. The van der Waals surface area contributed by atoms with Gasteiger partial charge in [0.05, 0.1) is 61.0 Å². The molecule has 3 heterocycles. The highest BCUT2D eigenvalue weighted by Gasteiger charge is 2.61. The molecule has 0 saturated carbocycles. The SMILES string of the molecule is COC(=O)NC1=C2C#C/C=C\C#C[C@H](OC3OC(C)C4(SC)COC(c5ccc(O)cc5)OC4C3OC3CC(OC)C(NC(C)C)CO3)C2/C(=C\CS(C)(=S)=S)[C@@H](O)CC1=O. The van der Waals surface area contributed by atoms with Crippen LogP contribution in [-0.2, 0) is 72.2 Å². The molecular formula is C43H54N2O12S4. The Morgan fingerprint density at radius 3 is 2.54 bits per heavy atom. The lowest BCUT2D eigenvalue weighted by Crippen LogP contribution is -2.70. The zero-order valence-corrected chi connectivity index (χ0v) is 38.4. The van der Waals surface area contributed by atoms with Crippen molar-refractivity contribution in [2.45, 2.75) is 106 Å². The molecule has 2 aliphatic carbocycles. The van der Waals surface area contributed by atoms with Crippen molar-refractivity contribution < 1.29 is 57.7 Å². The van der Waals surface area contributed by atoms with Gasteiger partial charge >= 0.3 is 6.09 Å². The summed E-state index contributed by atoms with van der Waals surface area (Å²) in [5.41, 5.74) is 1.01. The van der Waals surface area contributed by atoms with Crippen molar-refractivity contribution in [3.63, 3.8) is 0 Å². The second-order valence-corrected chi connectivity index (χ2v) is 24.1. The number of methoxy groups -OCH3 is 2. The summed E-state index contributed by atoms with van der Waals surface area (Å²) in [4.78, 5) is 26.6. The number of thioether (sulfide) groups is 1. The normalized spacial score (nSPS) is 35.2. The van der Waals surface area contributed by atoms with Crippen molar-refractivity contribution in [3.8, 4) is 29.4 Å². The molecule has 1 aromatic carbocycles. The van der Waals surface area contributed by atoms with Crippen molar-refractivity contribution in [2.24, 2.45) is 5.92 Å². The molecule has 3 fully saturated rings. The van der Waals surface area contributed by atoms with Crippen LogP contribution in [0.3, 0.4) is 0 Å². The number of aliphatic hydroxyl groups is 1. The first-order chi connectivity index (χ1) is 29.1. The van der Waals surface area contributed by atoms with Crippen LogP contribution in [0.25, 0.3) is 0 Å². The maximum Gasteiger partial charge on any atom is 0.411 e. The number of nitrogens with one attached hydrogen (secondary N) is 2. The minimum Gasteiger partial charge on any atom is -0.508 e. The summed E-state index contributed by atoms with van der Waals surface area (Å²) in [7, 11) is 0.861. The van der Waals surface area contributed by atoms with Gasteiger partial charge in [-0.3, -0.25) is 10.1 Å². The van der Waals surface area contributed by atoms with Crippen LogP contribution < -0.4 is 10.6 Å².